The predicted molar refractivity (Wildman–Crippen MR) is 50.0 cm³/mol. The average molecular weight is 208 g/mol. The molecule has 0 unspecified atom stereocenters. The molecule has 4 rings (SSSR count). The minimum Gasteiger partial charge on any atom is -0.481 e. The van der Waals surface area contributed by atoms with Gasteiger partial charge < -0.3 is 10.2 Å². The van der Waals surface area contributed by atoms with Gasteiger partial charge >= 0.3 is 11.9 Å². The Hall–Kier alpha value is -1.32. The van der Waals surface area contributed by atoms with E-state index in [9.17, 15) is 9.59 Å². The molecule has 0 spiro atoms. The molecule has 0 amide bonds. The van der Waals surface area contributed by atoms with Crippen LogP contribution in [0.15, 0.2) is 12.2 Å². The topological polar surface area (TPSA) is 74.6 Å². The lowest BCUT2D eigenvalue weighted by Crippen LogP contribution is -2.46. The number of allylic oxidation sites excluding steroid dienone is 2. The molecular formula is C11H12O4. The van der Waals surface area contributed by atoms with Crippen molar-refractivity contribution in [1.29, 1.82) is 0 Å². The van der Waals surface area contributed by atoms with Crippen molar-refractivity contribution in [1.82, 2.24) is 0 Å². The van der Waals surface area contributed by atoms with Gasteiger partial charge in [-0.25, -0.2) is 0 Å². The predicted octanol–water partition coefficient (Wildman–Crippen LogP) is 0.840. The minimum absolute atomic E-state index is 0.0430. The molecule has 0 saturated heterocycles. The SMILES string of the molecule is O=C(O)[C@@H]1[C@H]2C=C[C@H]([C@@H]3C[C@H]23)[C@@H]1C(=O)O. The third kappa shape index (κ3) is 1.02. The number of carbonyl (C=O) groups is 2. The quantitative estimate of drug-likeness (QED) is 0.659. The molecule has 2 N–H and O–H groups in total. The van der Waals surface area contributed by atoms with Gasteiger partial charge in [0.15, 0.2) is 0 Å². The van der Waals surface area contributed by atoms with Crippen molar-refractivity contribution < 1.29 is 19.8 Å². The molecule has 0 aliphatic heterocycles. The van der Waals surface area contributed by atoms with E-state index in [0.717, 1.165) is 6.42 Å². The monoisotopic (exact) mass is 208 g/mol. The van der Waals surface area contributed by atoms with Crippen molar-refractivity contribution in [2.75, 3.05) is 0 Å². The van der Waals surface area contributed by atoms with Crippen LogP contribution in [0.4, 0.5) is 0 Å². The maximum absolute atomic E-state index is 11.1. The van der Waals surface area contributed by atoms with Crippen molar-refractivity contribution in [3.63, 3.8) is 0 Å². The molecule has 0 aromatic carbocycles. The summed E-state index contributed by atoms with van der Waals surface area (Å²) in [5.74, 6) is -2.52. The number of carboxylic acid groups (broad SMARTS) is 2. The van der Waals surface area contributed by atoms with E-state index >= 15 is 0 Å². The van der Waals surface area contributed by atoms with Crippen LogP contribution in [0.5, 0.6) is 0 Å². The summed E-state index contributed by atoms with van der Waals surface area (Å²) in [4.78, 5) is 22.3. The molecule has 4 nitrogen and oxygen atoms in total. The van der Waals surface area contributed by atoms with Gasteiger partial charge in [-0.1, -0.05) is 12.2 Å². The molecule has 4 aliphatic rings. The second kappa shape index (κ2) is 2.62. The van der Waals surface area contributed by atoms with Crippen molar-refractivity contribution in [2.24, 2.45) is 35.5 Å². The average Bonchev–Trinajstić information content (AvgIpc) is 2.96. The van der Waals surface area contributed by atoms with Gasteiger partial charge in [0, 0.05) is 0 Å². The maximum Gasteiger partial charge on any atom is 0.308 e. The largest absolute Gasteiger partial charge is 0.481 e. The number of fused-ring (bicyclic) bond motifs is 1. The Labute approximate surface area is 86.6 Å². The van der Waals surface area contributed by atoms with Crippen molar-refractivity contribution in [2.45, 2.75) is 6.42 Å². The normalized spacial score (nSPS) is 49.9. The highest BCUT2D eigenvalue weighted by atomic mass is 16.4. The molecule has 4 aliphatic carbocycles. The summed E-state index contributed by atoms with van der Waals surface area (Å²) in [6, 6.07) is 0. The summed E-state index contributed by atoms with van der Waals surface area (Å²) in [6.45, 7) is 0. The summed E-state index contributed by atoms with van der Waals surface area (Å²) < 4.78 is 0. The number of hydrogen-bond acceptors (Lipinski definition) is 2. The van der Waals surface area contributed by atoms with E-state index in [1.54, 1.807) is 0 Å². The number of aliphatic carboxylic acids is 2. The lowest BCUT2D eigenvalue weighted by atomic mass is 9.62. The zero-order valence-electron chi connectivity index (χ0n) is 8.04. The van der Waals surface area contributed by atoms with Gasteiger partial charge in [0.1, 0.15) is 0 Å². The number of hydrogen-bond donors (Lipinski definition) is 2. The molecule has 0 heterocycles. The Balaban J connectivity index is 2.02. The van der Waals surface area contributed by atoms with Gasteiger partial charge in [-0.2, -0.15) is 0 Å². The molecule has 2 saturated carbocycles. The fourth-order valence-electron chi connectivity index (χ4n) is 3.55. The van der Waals surface area contributed by atoms with Crippen LogP contribution in [0.25, 0.3) is 0 Å². The van der Waals surface area contributed by atoms with Gasteiger partial charge in [-0.05, 0) is 30.1 Å². The van der Waals surface area contributed by atoms with Crippen LogP contribution in [-0.4, -0.2) is 22.2 Å². The van der Waals surface area contributed by atoms with E-state index in [-0.39, 0.29) is 11.8 Å². The maximum atomic E-state index is 11.1. The molecule has 15 heavy (non-hydrogen) atoms. The van der Waals surface area contributed by atoms with E-state index in [1.165, 1.54) is 0 Å². The van der Waals surface area contributed by atoms with Crippen LogP contribution < -0.4 is 0 Å². The van der Waals surface area contributed by atoms with Crippen molar-refractivity contribution in [3.8, 4) is 0 Å². The van der Waals surface area contributed by atoms with Crippen LogP contribution in [0, 0.1) is 35.5 Å². The molecule has 2 bridgehead atoms. The Kier molecular flexibility index (Phi) is 1.56. The summed E-state index contributed by atoms with van der Waals surface area (Å²) in [6.07, 6.45) is 4.87. The third-order valence-electron chi connectivity index (χ3n) is 4.22. The molecule has 2 fully saturated rings. The van der Waals surface area contributed by atoms with Crippen LogP contribution >= 0.6 is 0 Å². The van der Waals surface area contributed by atoms with Gasteiger partial charge in [0.25, 0.3) is 0 Å². The number of carboxylic acids is 2. The Morgan fingerprint density at radius 1 is 0.933 bits per heavy atom. The molecule has 0 radical (unpaired) electrons. The Morgan fingerprint density at radius 2 is 1.33 bits per heavy atom. The molecule has 80 valence electrons. The molecule has 0 aromatic heterocycles. The summed E-state index contributed by atoms with van der Waals surface area (Å²) in [5.41, 5.74) is 0. The second-order valence-corrected chi connectivity index (χ2v) is 4.83. The van der Waals surface area contributed by atoms with E-state index < -0.39 is 23.8 Å². The zero-order valence-corrected chi connectivity index (χ0v) is 8.04. The first kappa shape index (κ1) is 8.95. The first-order chi connectivity index (χ1) is 7.11. The van der Waals surface area contributed by atoms with Crippen LogP contribution in [0.3, 0.4) is 0 Å². The van der Waals surface area contributed by atoms with Gasteiger partial charge in [-0.15, -0.1) is 0 Å². The van der Waals surface area contributed by atoms with Crippen LogP contribution in [0.1, 0.15) is 6.42 Å². The summed E-state index contributed by atoms with van der Waals surface area (Å²) in [5, 5.41) is 18.2. The zero-order chi connectivity index (χ0) is 10.7. The molecule has 6 atom stereocenters. The first-order valence-corrected chi connectivity index (χ1v) is 5.25. The van der Waals surface area contributed by atoms with Crippen molar-refractivity contribution in [3.05, 3.63) is 12.2 Å². The smallest absolute Gasteiger partial charge is 0.308 e. The van der Waals surface area contributed by atoms with E-state index in [0.29, 0.717) is 11.8 Å². The van der Waals surface area contributed by atoms with Gasteiger partial charge in [0.2, 0.25) is 0 Å². The van der Waals surface area contributed by atoms with E-state index in [4.69, 9.17) is 10.2 Å². The van der Waals surface area contributed by atoms with Gasteiger partial charge in [0.05, 0.1) is 11.8 Å². The third-order valence-corrected chi connectivity index (χ3v) is 4.22. The van der Waals surface area contributed by atoms with E-state index in [2.05, 4.69) is 0 Å². The molecular weight excluding hydrogens is 196 g/mol. The Bertz CT molecular complexity index is 339. The second-order valence-electron chi connectivity index (χ2n) is 4.83. The Morgan fingerprint density at radius 3 is 1.67 bits per heavy atom. The number of rotatable bonds is 2. The highest BCUT2D eigenvalue weighted by molar-refractivity contribution is 5.82. The fourth-order valence-corrected chi connectivity index (χ4v) is 3.55. The van der Waals surface area contributed by atoms with Crippen molar-refractivity contribution >= 4 is 11.9 Å². The molecule has 4 heteroatoms. The van der Waals surface area contributed by atoms with Crippen LogP contribution in [0.2, 0.25) is 0 Å². The summed E-state index contributed by atoms with van der Waals surface area (Å²) >= 11 is 0. The van der Waals surface area contributed by atoms with Crippen LogP contribution in [-0.2, 0) is 9.59 Å². The highest BCUT2D eigenvalue weighted by Gasteiger charge is 2.63. The summed E-state index contributed by atoms with van der Waals surface area (Å²) in [7, 11) is 0. The van der Waals surface area contributed by atoms with E-state index in [1.807, 2.05) is 12.2 Å². The first-order valence-electron chi connectivity index (χ1n) is 5.25. The fraction of sp³-hybridized carbons (Fsp3) is 0.636. The molecule has 0 aromatic rings. The lowest BCUT2D eigenvalue weighted by Gasteiger charge is -2.40. The van der Waals surface area contributed by atoms with Gasteiger partial charge in [-0.3, -0.25) is 9.59 Å². The minimum atomic E-state index is -0.952. The lowest BCUT2D eigenvalue weighted by molar-refractivity contribution is -0.160. The standard InChI is InChI=1S/C11H12O4/c12-10(13)8-4-1-2-5(7-3-6(4)7)9(8)11(14)15/h1-2,4-9H,3H2,(H,12,13)(H,14,15)/t4-,5+,6+,7-,8+,9-. The highest BCUT2D eigenvalue weighted by Crippen LogP contribution is 2.63.